The number of nitrogens with one attached hydrogen (secondary N) is 1. The van der Waals surface area contributed by atoms with Gasteiger partial charge in [0, 0.05) is 0 Å². The third kappa shape index (κ3) is 0.872. The molecule has 0 radical (unpaired) electrons. The van der Waals surface area contributed by atoms with Gasteiger partial charge in [-0.2, -0.15) is 0 Å². The number of carbonyl (C=O) groups is 2. The van der Waals surface area contributed by atoms with Crippen molar-refractivity contribution in [1.82, 2.24) is 5.31 Å². The van der Waals surface area contributed by atoms with Crippen LogP contribution in [0.3, 0.4) is 0 Å². The molecule has 0 aliphatic carbocycles. The molecule has 50 valence electrons. The lowest BCUT2D eigenvalue weighted by Gasteiger charge is -2.09. The van der Waals surface area contributed by atoms with Crippen molar-refractivity contribution in [2.24, 2.45) is 0 Å². The fraction of sp³-hybridized carbons (Fsp3) is 0.600. The fourth-order valence-electron chi connectivity index (χ4n) is 0.502. The van der Waals surface area contributed by atoms with Gasteiger partial charge in [-0.05, 0) is 13.8 Å². The van der Waals surface area contributed by atoms with Crippen molar-refractivity contribution in [1.29, 1.82) is 0 Å². The first-order valence-electron chi connectivity index (χ1n) is 2.96. The van der Waals surface area contributed by atoms with Crippen LogP contribution < -0.4 is 5.31 Å². The molecule has 1 heterocycles. The van der Waals surface area contributed by atoms with Gasteiger partial charge in [0.2, 0.25) is 0 Å². The molecule has 0 bridgehead atoms. The minimum Gasteiger partial charge on any atom is -0.433 e. The first-order chi connectivity index (χ1) is 4.45. The van der Waals surface area contributed by atoms with Crippen LogP contribution in [0.4, 0.5) is 4.79 Å². The summed E-state index contributed by atoms with van der Waals surface area (Å²) in [5, 5.41) is 0.222. The largest absolute Gasteiger partial charge is 0.433 e. The van der Waals surface area contributed by atoms with E-state index < -0.39 is 17.6 Å². The van der Waals surface area contributed by atoms with Gasteiger partial charge in [-0.15, -0.1) is 0 Å². The van der Waals surface area contributed by atoms with E-state index in [1.807, 2.05) is 0 Å². The Bertz CT molecular complexity index is 201. The predicted octanol–water partition coefficient (Wildman–Crippen LogP) is 0.0314. The molecule has 1 aliphatic heterocycles. The molecule has 1 rings (SSSR count). The molecule has 0 saturated carbocycles. The Hall–Kier alpha value is -1.06. The van der Waals surface area contributed by atoms with Crippen LogP contribution in [-0.2, 0) is 9.53 Å². The van der Waals surface area contributed by atoms with Gasteiger partial charge in [0.15, 0.2) is 7.01 Å². The summed E-state index contributed by atoms with van der Waals surface area (Å²) in [6.45, 7) is 2.89. The lowest BCUT2D eigenvalue weighted by Crippen LogP contribution is -2.32. The van der Waals surface area contributed by atoms with Crippen LogP contribution >= 0.6 is 0 Å². The topological polar surface area (TPSA) is 55.4 Å². The monoisotopic (exact) mass is 130 g/mol. The minimum atomic E-state index is -1.15. The number of hydrogen-bond acceptors (Lipinski definition) is 3. The molecule has 1 N–H and O–H groups in total. The Labute approximate surface area is 53.6 Å². The Morgan fingerprint density at radius 2 is 2.22 bits per heavy atom. The minimum absolute atomic E-state index is 0.222. The molecule has 1 saturated heterocycles. The zero-order valence-electron chi connectivity index (χ0n) is 6.17. The van der Waals surface area contributed by atoms with Crippen LogP contribution in [0.25, 0.3) is 0 Å². The molecule has 0 aromatic heterocycles. The first kappa shape index (κ1) is 4.78. The number of hydrogen-bond donors (Lipinski definition) is 1. The maximum Gasteiger partial charge on any atom is 0.415 e. The van der Waals surface area contributed by atoms with Gasteiger partial charge in [0.25, 0.3) is 5.91 Å². The van der Waals surface area contributed by atoms with E-state index in [0.29, 0.717) is 0 Å². The Morgan fingerprint density at radius 1 is 1.67 bits per heavy atom. The third-order valence-electron chi connectivity index (χ3n) is 1.05. The number of amides is 2. The van der Waals surface area contributed by atoms with E-state index in [1.54, 1.807) is 0 Å². The van der Waals surface area contributed by atoms with E-state index in [2.05, 4.69) is 4.74 Å². The van der Waals surface area contributed by atoms with Gasteiger partial charge in [0.05, 0.1) is 0 Å². The number of imide groups is 1. The van der Waals surface area contributed by atoms with Crippen molar-refractivity contribution >= 4 is 12.0 Å². The van der Waals surface area contributed by atoms with Gasteiger partial charge >= 0.3 is 6.09 Å². The van der Waals surface area contributed by atoms with Crippen LogP contribution in [0.2, 0.25) is 1.41 Å². The second kappa shape index (κ2) is 1.46. The van der Waals surface area contributed by atoms with Crippen LogP contribution in [-0.4, -0.2) is 17.6 Å². The molecule has 4 nitrogen and oxygen atoms in total. The first-order valence-corrected chi connectivity index (χ1v) is 2.51. The molecule has 2 amide bonds. The highest BCUT2D eigenvalue weighted by Gasteiger charge is 2.39. The Morgan fingerprint density at radius 3 is 2.33 bits per heavy atom. The van der Waals surface area contributed by atoms with E-state index >= 15 is 0 Å². The zero-order chi connectivity index (χ0) is 7.94. The molecular weight excluding hydrogens is 122 g/mol. The standard InChI is InChI=1S/C5H7NO3/c1-5(2)3(7)6-4(8)9-5/h1-2H3,(H,6,7,8)/i/hD. The summed E-state index contributed by atoms with van der Waals surface area (Å²) in [7, 11) is 0. The molecule has 0 unspecified atom stereocenters. The average molecular weight is 130 g/mol. The molecule has 1 aliphatic rings. The number of cyclic esters (lactones) is 1. The lowest BCUT2D eigenvalue weighted by molar-refractivity contribution is -0.128. The molecule has 0 aromatic carbocycles. The quantitative estimate of drug-likeness (QED) is 0.503. The summed E-state index contributed by atoms with van der Waals surface area (Å²) in [5.41, 5.74) is -1.15. The number of alkyl carbamates (subject to hydrolysis) is 1. The molecule has 0 aromatic rings. The van der Waals surface area contributed by atoms with Crippen LogP contribution in [0.1, 0.15) is 13.8 Å². The van der Waals surface area contributed by atoms with Gasteiger partial charge in [-0.25, -0.2) is 4.79 Å². The van der Waals surface area contributed by atoms with E-state index in [-0.39, 0.29) is 5.31 Å². The second-order valence-electron chi connectivity index (χ2n) is 2.30. The van der Waals surface area contributed by atoms with Crippen molar-refractivity contribution in [3.63, 3.8) is 0 Å². The van der Waals surface area contributed by atoms with Crippen LogP contribution in [0, 0.1) is 0 Å². The number of carbonyl (C=O) groups excluding carboxylic acids is 2. The summed E-state index contributed by atoms with van der Waals surface area (Å²) < 4.78 is 11.3. The summed E-state index contributed by atoms with van der Waals surface area (Å²) in [4.78, 5) is 21.3. The second-order valence-corrected chi connectivity index (χ2v) is 2.30. The predicted molar refractivity (Wildman–Crippen MR) is 28.7 cm³/mol. The molecule has 1 fully saturated rings. The molecule has 0 atom stereocenters. The van der Waals surface area contributed by atoms with Crippen molar-refractivity contribution in [3.05, 3.63) is 0 Å². The highest BCUT2D eigenvalue weighted by atomic mass is 16.6. The Kier molecular flexibility index (Phi) is 0.777. The van der Waals surface area contributed by atoms with Gasteiger partial charge in [0.1, 0.15) is 0 Å². The fourth-order valence-corrected chi connectivity index (χ4v) is 0.502. The van der Waals surface area contributed by atoms with E-state index in [4.69, 9.17) is 1.41 Å². The Balaban J connectivity index is 2.92. The molecule has 9 heavy (non-hydrogen) atoms. The summed E-state index contributed by atoms with van der Waals surface area (Å²) >= 11 is 0. The summed E-state index contributed by atoms with van der Waals surface area (Å²) in [6.07, 6.45) is -0.907. The third-order valence-corrected chi connectivity index (χ3v) is 1.05. The van der Waals surface area contributed by atoms with Gasteiger partial charge in [-0.3, -0.25) is 10.1 Å². The SMILES string of the molecule is [2H]N1C(=O)OC(C)(C)C1=O. The zero-order valence-corrected chi connectivity index (χ0v) is 5.17. The van der Waals surface area contributed by atoms with Crippen LogP contribution in [0.15, 0.2) is 0 Å². The highest BCUT2D eigenvalue weighted by Crippen LogP contribution is 2.14. The smallest absolute Gasteiger partial charge is 0.415 e. The van der Waals surface area contributed by atoms with Crippen molar-refractivity contribution in [2.45, 2.75) is 19.4 Å². The molecular formula is C5H7NO3. The highest BCUT2D eigenvalue weighted by molar-refractivity contribution is 6.02. The summed E-state index contributed by atoms with van der Waals surface area (Å²) in [6, 6.07) is 0. The van der Waals surface area contributed by atoms with Gasteiger partial charge < -0.3 is 4.74 Å². The average Bonchev–Trinajstić information content (AvgIpc) is 1.95. The van der Waals surface area contributed by atoms with Crippen LogP contribution in [0.5, 0.6) is 0 Å². The van der Waals surface area contributed by atoms with E-state index in [9.17, 15) is 9.59 Å². The maximum absolute atomic E-state index is 10.8. The normalized spacial score (nSPS) is 26.0. The number of ether oxygens (including phenoxy) is 1. The maximum atomic E-state index is 10.8. The van der Waals surface area contributed by atoms with Crippen molar-refractivity contribution in [3.8, 4) is 0 Å². The molecule has 0 spiro atoms. The van der Waals surface area contributed by atoms with E-state index in [0.717, 1.165) is 0 Å². The van der Waals surface area contributed by atoms with Gasteiger partial charge in [-0.1, -0.05) is 0 Å². The van der Waals surface area contributed by atoms with Crippen molar-refractivity contribution in [2.75, 3.05) is 0 Å². The summed E-state index contributed by atoms with van der Waals surface area (Å²) in [5.74, 6) is -0.627. The lowest BCUT2D eigenvalue weighted by atomic mass is 10.1. The molecule has 4 heteroatoms. The van der Waals surface area contributed by atoms with Crippen molar-refractivity contribution < 1.29 is 15.7 Å². The number of rotatable bonds is 0. The van der Waals surface area contributed by atoms with E-state index in [1.165, 1.54) is 13.8 Å².